The number of aryl methyl sites for hydroxylation is 1. The maximum Gasteiger partial charge on any atom is 0.139 e. The molecule has 1 heteroatoms. The van der Waals surface area contributed by atoms with Gasteiger partial charge in [0.1, 0.15) is 5.82 Å². The Morgan fingerprint density at radius 3 is 2.29 bits per heavy atom. The Kier molecular flexibility index (Phi) is 2.66. The Balaban J connectivity index is 3.38. The van der Waals surface area contributed by atoms with Gasteiger partial charge in [0, 0.05) is 0 Å². The van der Waals surface area contributed by atoms with Crippen LogP contribution in [0.4, 0.5) is 4.39 Å². The van der Waals surface area contributed by atoms with Crippen LogP contribution in [0.15, 0.2) is 12.1 Å². The summed E-state index contributed by atoms with van der Waals surface area (Å²) in [5, 5.41) is 0. The lowest BCUT2D eigenvalue weighted by molar-refractivity contribution is 0.567. The Hall–Kier alpha value is -1.29. The quantitative estimate of drug-likeness (QED) is 0.550. The van der Waals surface area contributed by atoms with Gasteiger partial charge in [0.05, 0.1) is 5.56 Å². The summed E-state index contributed by atoms with van der Waals surface area (Å²) in [5.41, 5.74) is 2.36. The number of halogens is 1. The number of benzene rings is 1. The van der Waals surface area contributed by atoms with Crippen molar-refractivity contribution in [2.24, 2.45) is 0 Å². The summed E-state index contributed by atoms with van der Waals surface area (Å²) in [6, 6.07) is 3.28. The molecular weight excluding hydrogens is 175 g/mol. The van der Waals surface area contributed by atoms with Gasteiger partial charge in [0.25, 0.3) is 0 Å². The molecule has 0 saturated heterocycles. The summed E-state index contributed by atoms with van der Waals surface area (Å²) in [6.07, 6.45) is 5.19. The van der Waals surface area contributed by atoms with E-state index in [-0.39, 0.29) is 11.2 Å². The second-order valence-electron chi connectivity index (χ2n) is 4.54. The molecule has 0 aliphatic rings. The SMILES string of the molecule is C#Cc1cc(C)c(C(C)(C)C)cc1F. The molecule has 0 amide bonds. The molecule has 0 saturated carbocycles. The molecule has 0 bridgehead atoms. The lowest BCUT2D eigenvalue weighted by atomic mass is 9.83. The van der Waals surface area contributed by atoms with Crippen LogP contribution in [0.5, 0.6) is 0 Å². The number of rotatable bonds is 0. The molecule has 74 valence electrons. The molecule has 0 radical (unpaired) electrons. The molecule has 0 aliphatic heterocycles. The number of hydrogen-bond acceptors (Lipinski definition) is 0. The summed E-state index contributed by atoms with van der Waals surface area (Å²) in [6.45, 7) is 8.14. The minimum atomic E-state index is -0.303. The molecule has 0 N–H and O–H groups in total. The second-order valence-corrected chi connectivity index (χ2v) is 4.54. The minimum absolute atomic E-state index is 0.0436. The van der Waals surface area contributed by atoms with Gasteiger partial charge in [-0.1, -0.05) is 26.7 Å². The molecule has 0 nitrogen and oxygen atoms in total. The van der Waals surface area contributed by atoms with E-state index < -0.39 is 0 Å². The van der Waals surface area contributed by atoms with E-state index in [0.29, 0.717) is 5.56 Å². The van der Waals surface area contributed by atoms with Gasteiger partial charge in [-0.05, 0) is 35.6 Å². The average molecular weight is 190 g/mol. The van der Waals surface area contributed by atoms with E-state index in [1.54, 1.807) is 12.1 Å². The largest absolute Gasteiger partial charge is 0.206 e. The highest BCUT2D eigenvalue weighted by Gasteiger charge is 2.18. The molecule has 0 spiro atoms. The highest BCUT2D eigenvalue weighted by molar-refractivity contribution is 5.42. The van der Waals surface area contributed by atoms with E-state index in [2.05, 4.69) is 26.7 Å². The lowest BCUT2D eigenvalue weighted by Crippen LogP contribution is -2.13. The third-order valence-electron chi connectivity index (χ3n) is 2.28. The van der Waals surface area contributed by atoms with Crippen LogP contribution in [0.25, 0.3) is 0 Å². The van der Waals surface area contributed by atoms with E-state index >= 15 is 0 Å². The zero-order valence-corrected chi connectivity index (χ0v) is 9.11. The second kappa shape index (κ2) is 3.46. The van der Waals surface area contributed by atoms with Crippen LogP contribution in [0.2, 0.25) is 0 Å². The first kappa shape index (κ1) is 10.8. The third kappa shape index (κ3) is 1.96. The smallest absolute Gasteiger partial charge is 0.139 e. The van der Waals surface area contributed by atoms with Gasteiger partial charge in [-0.15, -0.1) is 6.42 Å². The molecule has 14 heavy (non-hydrogen) atoms. The summed E-state index contributed by atoms with van der Waals surface area (Å²) >= 11 is 0. The molecule has 1 rings (SSSR count). The first-order valence-electron chi connectivity index (χ1n) is 4.63. The molecule has 1 aromatic carbocycles. The average Bonchev–Trinajstić information content (AvgIpc) is 2.06. The lowest BCUT2D eigenvalue weighted by Gasteiger charge is -2.22. The van der Waals surface area contributed by atoms with Gasteiger partial charge < -0.3 is 0 Å². The fraction of sp³-hybridized carbons (Fsp3) is 0.385. The van der Waals surface area contributed by atoms with Crippen molar-refractivity contribution in [3.8, 4) is 12.3 Å². The van der Waals surface area contributed by atoms with E-state index in [4.69, 9.17) is 6.42 Å². The van der Waals surface area contributed by atoms with Gasteiger partial charge >= 0.3 is 0 Å². The molecule has 0 aromatic heterocycles. The predicted octanol–water partition coefficient (Wildman–Crippen LogP) is 3.41. The summed E-state index contributed by atoms with van der Waals surface area (Å²) in [7, 11) is 0. The Bertz CT molecular complexity index is 389. The van der Waals surface area contributed by atoms with E-state index in [9.17, 15) is 4.39 Å². The van der Waals surface area contributed by atoms with Crippen molar-refractivity contribution in [3.63, 3.8) is 0 Å². The van der Waals surface area contributed by atoms with Gasteiger partial charge in [-0.3, -0.25) is 0 Å². The van der Waals surface area contributed by atoms with E-state index in [0.717, 1.165) is 11.1 Å². The zero-order chi connectivity index (χ0) is 10.9. The summed E-state index contributed by atoms with van der Waals surface area (Å²) in [5.74, 6) is 2.04. The third-order valence-corrected chi connectivity index (χ3v) is 2.28. The molecular formula is C13H15F. The van der Waals surface area contributed by atoms with Crippen LogP contribution in [0.3, 0.4) is 0 Å². The molecule has 0 heterocycles. The van der Waals surface area contributed by atoms with E-state index in [1.807, 2.05) is 6.92 Å². The van der Waals surface area contributed by atoms with Crippen molar-refractivity contribution < 1.29 is 4.39 Å². The van der Waals surface area contributed by atoms with Crippen LogP contribution in [0.1, 0.15) is 37.5 Å². The molecule has 0 atom stereocenters. The van der Waals surface area contributed by atoms with Crippen LogP contribution < -0.4 is 0 Å². The monoisotopic (exact) mass is 190 g/mol. The standard InChI is InChI=1S/C13H15F/c1-6-10-7-9(2)11(8-12(10)14)13(3,4)5/h1,7-8H,2-5H3. The summed E-state index contributed by atoms with van der Waals surface area (Å²) in [4.78, 5) is 0. The molecule has 0 unspecified atom stereocenters. The molecule has 1 aromatic rings. The molecule has 0 fully saturated rings. The van der Waals surface area contributed by atoms with Crippen molar-refractivity contribution in [1.29, 1.82) is 0 Å². The highest BCUT2D eigenvalue weighted by atomic mass is 19.1. The first-order chi connectivity index (χ1) is 6.36. The minimum Gasteiger partial charge on any atom is -0.206 e. The fourth-order valence-electron chi connectivity index (χ4n) is 1.60. The number of terminal acetylenes is 1. The van der Waals surface area contributed by atoms with Crippen molar-refractivity contribution >= 4 is 0 Å². The van der Waals surface area contributed by atoms with E-state index in [1.165, 1.54) is 0 Å². The Labute approximate surface area is 85.2 Å². The molecule has 0 aliphatic carbocycles. The van der Waals surface area contributed by atoms with Crippen molar-refractivity contribution in [1.82, 2.24) is 0 Å². The fourth-order valence-corrected chi connectivity index (χ4v) is 1.60. The first-order valence-corrected chi connectivity index (χ1v) is 4.63. The van der Waals surface area contributed by atoms with Crippen LogP contribution in [-0.2, 0) is 5.41 Å². The van der Waals surface area contributed by atoms with Crippen molar-refractivity contribution in [2.45, 2.75) is 33.1 Å². The predicted molar refractivity (Wildman–Crippen MR) is 57.8 cm³/mol. The van der Waals surface area contributed by atoms with Crippen LogP contribution >= 0.6 is 0 Å². The van der Waals surface area contributed by atoms with Crippen LogP contribution in [0, 0.1) is 25.1 Å². The maximum absolute atomic E-state index is 13.4. The van der Waals surface area contributed by atoms with Gasteiger partial charge in [-0.25, -0.2) is 4.39 Å². The van der Waals surface area contributed by atoms with Gasteiger partial charge in [0.2, 0.25) is 0 Å². The zero-order valence-electron chi connectivity index (χ0n) is 9.11. The Morgan fingerprint density at radius 2 is 1.86 bits per heavy atom. The topological polar surface area (TPSA) is 0 Å². The normalized spacial score (nSPS) is 11.1. The highest BCUT2D eigenvalue weighted by Crippen LogP contribution is 2.27. The summed E-state index contributed by atoms with van der Waals surface area (Å²) < 4.78 is 13.4. The van der Waals surface area contributed by atoms with Gasteiger partial charge in [-0.2, -0.15) is 0 Å². The van der Waals surface area contributed by atoms with Crippen molar-refractivity contribution in [3.05, 3.63) is 34.6 Å². The Morgan fingerprint density at radius 1 is 1.29 bits per heavy atom. The maximum atomic E-state index is 13.4. The van der Waals surface area contributed by atoms with Gasteiger partial charge in [0.15, 0.2) is 0 Å². The van der Waals surface area contributed by atoms with Crippen LogP contribution in [-0.4, -0.2) is 0 Å². The number of hydrogen-bond donors (Lipinski definition) is 0. The van der Waals surface area contributed by atoms with Crippen molar-refractivity contribution in [2.75, 3.05) is 0 Å².